The molecule has 1 atom stereocenters. The second kappa shape index (κ2) is 7.02. The van der Waals surface area contributed by atoms with Crippen LogP contribution in [0.1, 0.15) is 11.1 Å². The van der Waals surface area contributed by atoms with Crippen molar-refractivity contribution in [2.75, 3.05) is 6.61 Å². The van der Waals surface area contributed by atoms with E-state index in [1.165, 1.54) is 11.6 Å². The van der Waals surface area contributed by atoms with Gasteiger partial charge in [-0.2, -0.15) is 0 Å². The Morgan fingerprint density at radius 3 is 2.42 bits per heavy atom. The quantitative estimate of drug-likeness (QED) is 0.865. The molecular formula is C16H18FNO. The first kappa shape index (κ1) is 13.7. The van der Waals surface area contributed by atoms with E-state index >= 15 is 0 Å². The van der Waals surface area contributed by atoms with Gasteiger partial charge in [0, 0.05) is 11.6 Å². The second-order valence-electron chi connectivity index (χ2n) is 4.56. The van der Waals surface area contributed by atoms with E-state index in [2.05, 4.69) is 0 Å². The lowest BCUT2D eigenvalue weighted by Crippen LogP contribution is -2.28. The molecule has 0 aliphatic carbocycles. The summed E-state index contributed by atoms with van der Waals surface area (Å²) in [5.41, 5.74) is 7.74. The molecule has 0 bridgehead atoms. The van der Waals surface area contributed by atoms with Crippen LogP contribution in [0.4, 0.5) is 4.39 Å². The predicted octanol–water partition coefficient (Wildman–Crippen LogP) is 2.91. The maximum Gasteiger partial charge on any atom is 0.128 e. The maximum atomic E-state index is 13.3. The Morgan fingerprint density at radius 1 is 1.00 bits per heavy atom. The molecule has 0 unspecified atom stereocenters. The number of halogens is 1. The van der Waals surface area contributed by atoms with E-state index in [4.69, 9.17) is 10.5 Å². The highest BCUT2D eigenvalue weighted by Crippen LogP contribution is 2.08. The summed E-state index contributed by atoms with van der Waals surface area (Å²) >= 11 is 0. The van der Waals surface area contributed by atoms with Crippen molar-refractivity contribution in [2.45, 2.75) is 19.1 Å². The third kappa shape index (κ3) is 4.47. The Bertz CT molecular complexity index is 501. The first-order valence-electron chi connectivity index (χ1n) is 6.36. The SMILES string of the molecule is N[C@H](COCc1ccccc1F)Cc1ccccc1. The molecule has 0 aliphatic rings. The van der Waals surface area contributed by atoms with Crippen LogP contribution in [-0.2, 0) is 17.8 Å². The first-order valence-corrected chi connectivity index (χ1v) is 6.36. The van der Waals surface area contributed by atoms with Gasteiger partial charge in [0.15, 0.2) is 0 Å². The van der Waals surface area contributed by atoms with Gasteiger partial charge in [-0.1, -0.05) is 48.5 Å². The number of ether oxygens (including phenoxy) is 1. The van der Waals surface area contributed by atoms with Gasteiger partial charge < -0.3 is 10.5 Å². The van der Waals surface area contributed by atoms with Gasteiger partial charge >= 0.3 is 0 Å². The van der Waals surface area contributed by atoms with Crippen LogP contribution in [0.15, 0.2) is 54.6 Å². The molecule has 2 N–H and O–H groups in total. The van der Waals surface area contributed by atoms with Gasteiger partial charge in [0.2, 0.25) is 0 Å². The molecule has 100 valence electrons. The molecule has 2 aromatic carbocycles. The second-order valence-corrected chi connectivity index (χ2v) is 4.56. The molecule has 0 aromatic heterocycles. The standard InChI is InChI=1S/C16H18FNO/c17-16-9-5-4-8-14(16)11-19-12-15(18)10-13-6-2-1-3-7-13/h1-9,15H,10-12,18H2/t15-/m0/s1. The van der Waals surface area contributed by atoms with Crippen LogP contribution in [-0.4, -0.2) is 12.6 Å². The summed E-state index contributed by atoms with van der Waals surface area (Å²) in [5.74, 6) is -0.237. The third-order valence-electron chi connectivity index (χ3n) is 2.89. The van der Waals surface area contributed by atoms with Crippen LogP contribution >= 0.6 is 0 Å². The molecule has 19 heavy (non-hydrogen) atoms. The summed E-state index contributed by atoms with van der Waals surface area (Å²) < 4.78 is 18.8. The normalized spacial score (nSPS) is 12.3. The summed E-state index contributed by atoms with van der Waals surface area (Å²) in [7, 11) is 0. The van der Waals surface area contributed by atoms with Gasteiger partial charge in [-0.05, 0) is 18.1 Å². The Kier molecular flexibility index (Phi) is 5.07. The molecule has 0 spiro atoms. The minimum absolute atomic E-state index is 0.0748. The van der Waals surface area contributed by atoms with E-state index in [1.54, 1.807) is 18.2 Å². The van der Waals surface area contributed by atoms with Crippen LogP contribution in [0.5, 0.6) is 0 Å². The predicted molar refractivity (Wildman–Crippen MR) is 74.2 cm³/mol. The number of hydrogen-bond acceptors (Lipinski definition) is 2. The zero-order valence-corrected chi connectivity index (χ0v) is 10.8. The molecular weight excluding hydrogens is 241 g/mol. The van der Waals surface area contributed by atoms with E-state index in [1.807, 2.05) is 30.3 Å². The zero-order chi connectivity index (χ0) is 13.5. The largest absolute Gasteiger partial charge is 0.375 e. The lowest BCUT2D eigenvalue weighted by atomic mass is 10.1. The molecule has 0 saturated heterocycles. The molecule has 2 nitrogen and oxygen atoms in total. The van der Waals surface area contributed by atoms with Crippen molar-refractivity contribution in [1.29, 1.82) is 0 Å². The number of nitrogens with two attached hydrogens (primary N) is 1. The number of hydrogen-bond donors (Lipinski definition) is 1. The number of benzene rings is 2. The average molecular weight is 259 g/mol. The molecule has 0 saturated carbocycles. The van der Waals surface area contributed by atoms with Crippen LogP contribution in [0.3, 0.4) is 0 Å². The van der Waals surface area contributed by atoms with E-state index in [-0.39, 0.29) is 18.5 Å². The fraction of sp³-hybridized carbons (Fsp3) is 0.250. The molecule has 2 rings (SSSR count). The first-order chi connectivity index (χ1) is 9.25. The highest BCUT2D eigenvalue weighted by atomic mass is 19.1. The molecule has 2 aromatic rings. The smallest absolute Gasteiger partial charge is 0.128 e. The minimum atomic E-state index is -0.237. The molecule has 0 radical (unpaired) electrons. The van der Waals surface area contributed by atoms with Crippen molar-refractivity contribution in [3.8, 4) is 0 Å². The van der Waals surface area contributed by atoms with Crippen LogP contribution < -0.4 is 5.73 Å². The molecule has 0 amide bonds. The van der Waals surface area contributed by atoms with Crippen molar-refractivity contribution in [3.05, 3.63) is 71.5 Å². The highest BCUT2D eigenvalue weighted by molar-refractivity contribution is 5.17. The van der Waals surface area contributed by atoms with Gasteiger partial charge in [-0.25, -0.2) is 4.39 Å². The van der Waals surface area contributed by atoms with Gasteiger partial charge in [0.25, 0.3) is 0 Å². The average Bonchev–Trinajstić information content (AvgIpc) is 2.42. The highest BCUT2D eigenvalue weighted by Gasteiger charge is 2.06. The van der Waals surface area contributed by atoms with Crippen LogP contribution in [0.2, 0.25) is 0 Å². The number of rotatable bonds is 6. The summed E-state index contributed by atoms with van der Waals surface area (Å²) in [6, 6.07) is 16.6. The summed E-state index contributed by atoms with van der Waals surface area (Å²) in [6.45, 7) is 0.679. The Labute approximate surface area is 113 Å². The third-order valence-corrected chi connectivity index (χ3v) is 2.89. The molecule has 3 heteroatoms. The fourth-order valence-electron chi connectivity index (χ4n) is 1.91. The van der Waals surface area contributed by atoms with Crippen molar-refractivity contribution in [1.82, 2.24) is 0 Å². The van der Waals surface area contributed by atoms with Gasteiger partial charge in [0.1, 0.15) is 5.82 Å². The van der Waals surface area contributed by atoms with Crippen molar-refractivity contribution in [2.24, 2.45) is 5.73 Å². The van der Waals surface area contributed by atoms with E-state index in [0.29, 0.717) is 12.2 Å². The van der Waals surface area contributed by atoms with Crippen LogP contribution in [0, 0.1) is 5.82 Å². The Morgan fingerprint density at radius 2 is 1.68 bits per heavy atom. The Hall–Kier alpha value is -1.71. The van der Waals surface area contributed by atoms with Gasteiger partial charge in [-0.15, -0.1) is 0 Å². The van der Waals surface area contributed by atoms with Gasteiger partial charge in [0.05, 0.1) is 13.2 Å². The lowest BCUT2D eigenvalue weighted by molar-refractivity contribution is 0.105. The summed E-state index contributed by atoms with van der Waals surface area (Å²) in [4.78, 5) is 0. The topological polar surface area (TPSA) is 35.2 Å². The van der Waals surface area contributed by atoms with Crippen molar-refractivity contribution in [3.63, 3.8) is 0 Å². The van der Waals surface area contributed by atoms with Crippen molar-refractivity contribution >= 4 is 0 Å². The zero-order valence-electron chi connectivity index (χ0n) is 10.8. The summed E-state index contributed by atoms with van der Waals surface area (Å²) in [6.07, 6.45) is 0.762. The van der Waals surface area contributed by atoms with E-state index < -0.39 is 0 Å². The molecule has 0 fully saturated rings. The van der Waals surface area contributed by atoms with Gasteiger partial charge in [-0.3, -0.25) is 0 Å². The van der Waals surface area contributed by atoms with E-state index in [0.717, 1.165) is 6.42 Å². The molecule has 0 aliphatic heterocycles. The summed E-state index contributed by atoms with van der Waals surface area (Å²) in [5, 5.41) is 0. The maximum absolute atomic E-state index is 13.3. The van der Waals surface area contributed by atoms with E-state index in [9.17, 15) is 4.39 Å². The van der Waals surface area contributed by atoms with Crippen molar-refractivity contribution < 1.29 is 9.13 Å². The lowest BCUT2D eigenvalue weighted by Gasteiger charge is -2.12. The van der Waals surface area contributed by atoms with Crippen LogP contribution in [0.25, 0.3) is 0 Å². The molecule has 0 heterocycles. The Balaban J connectivity index is 1.75. The minimum Gasteiger partial charge on any atom is -0.375 e. The monoisotopic (exact) mass is 259 g/mol. The fourth-order valence-corrected chi connectivity index (χ4v) is 1.91.